The molecule has 2 aromatic rings. The smallest absolute Gasteiger partial charge is 0.258 e. The van der Waals surface area contributed by atoms with Crippen LogP contribution in [0, 0.1) is 0 Å². The first-order chi connectivity index (χ1) is 9.66. The number of hydrogen-bond donors (Lipinski definition) is 0. The van der Waals surface area contributed by atoms with Crippen molar-refractivity contribution in [1.82, 2.24) is 0 Å². The number of nitrogens with zero attached hydrogens (tertiary/aromatic N) is 2. The van der Waals surface area contributed by atoms with Crippen LogP contribution in [0.5, 0.6) is 0 Å². The summed E-state index contributed by atoms with van der Waals surface area (Å²) in [5.41, 5.74) is 2.78. The van der Waals surface area contributed by atoms with E-state index in [1.807, 2.05) is 47.4 Å². The van der Waals surface area contributed by atoms with Crippen molar-refractivity contribution in [2.24, 2.45) is 0 Å². The minimum absolute atomic E-state index is 0.0480. The number of hydrogen-bond acceptors (Lipinski definition) is 2. The minimum atomic E-state index is 0.0480. The molecule has 0 spiro atoms. The van der Waals surface area contributed by atoms with E-state index in [1.54, 1.807) is 0 Å². The maximum absolute atomic E-state index is 12.7. The van der Waals surface area contributed by atoms with Gasteiger partial charge in [-0.3, -0.25) is 4.79 Å². The molecule has 3 rings (SSSR count). The van der Waals surface area contributed by atoms with E-state index in [-0.39, 0.29) is 5.91 Å². The number of benzene rings is 2. The lowest BCUT2D eigenvalue weighted by atomic mass is 10.1. The van der Waals surface area contributed by atoms with Crippen LogP contribution in [0.3, 0.4) is 0 Å². The molecule has 0 aromatic heterocycles. The van der Waals surface area contributed by atoms with Crippen molar-refractivity contribution >= 4 is 33.2 Å². The number of rotatable bonds is 1. The summed E-state index contributed by atoms with van der Waals surface area (Å²) in [6.07, 6.45) is 0. The molecule has 0 bridgehead atoms. The summed E-state index contributed by atoms with van der Waals surface area (Å²) in [5, 5.41) is 0. The second-order valence-corrected chi connectivity index (χ2v) is 5.79. The first-order valence-electron chi connectivity index (χ1n) is 6.54. The molecular formula is C16H15BrN2O. The van der Waals surface area contributed by atoms with Crippen molar-refractivity contribution < 1.29 is 4.79 Å². The first-order valence-corrected chi connectivity index (χ1v) is 7.34. The zero-order valence-corrected chi connectivity index (χ0v) is 12.8. The molecule has 0 saturated heterocycles. The van der Waals surface area contributed by atoms with Crippen molar-refractivity contribution in [2.75, 3.05) is 29.9 Å². The third-order valence-electron chi connectivity index (χ3n) is 3.56. The van der Waals surface area contributed by atoms with Crippen LogP contribution in [0.25, 0.3) is 0 Å². The highest BCUT2D eigenvalue weighted by molar-refractivity contribution is 9.10. The minimum Gasteiger partial charge on any atom is -0.371 e. The number of anilines is 2. The predicted octanol–water partition coefficient (Wildman–Crippen LogP) is 3.55. The van der Waals surface area contributed by atoms with Crippen molar-refractivity contribution in [3.8, 4) is 0 Å². The van der Waals surface area contributed by atoms with E-state index in [2.05, 4.69) is 33.9 Å². The van der Waals surface area contributed by atoms with Crippen LogP contribution in [0.2, 0.25) is 0 Å². The van der Waals surface area contributed by atoms with Gasteiger partial charge in [-0.2, -0.15) is 0 Å². The van der Waals surface area contributed by atoms with Gasteiger partial charge in [0.05, 0.1) is 11.4 Å². The van der Waals surface area contributed by atoms with E-state index in [4.69, 9.17) is 0 Å². The molecule has 0 aliphatic carbocycles. The molecule has 3 nitrogen and oxygen atoms in total. The molecule has 0 unspecified atom stereocenters. The Kier molecular flexibility index (Phi) is 3.49. The largest absolute Gasteiger partial charge is 0.371 e. The van der Waals surface area contributed by atoms with E-state index in [9.17, 15) is 4.79 Å². The molecular weight excluding hydrogens is 316 g/mol. The van der Waals surface area contributed by atoms with Crippen molar-refractivity contribution in [1.29, 1.82) is 0 Å². The Labute approximate surface area is 126 Å². The van der Waals surface area contributed by atoms with Gasteiger partial charge in [0, 0.05) is 30.2 Å². The maximum atomic E-state index is 12.7. The number of para-hydroxylation sites is 2. The van der Waals surface area contributed by atoms with Gasteiger partial charge in [0.1, 0.15) is 0 Å². The highest BCUT2D eigenvalue weighted by atomic mass is 79.9. The lowest BCUT2D eigenvalue weighted by Crippen LogP contribution is -2.42. The Hall–Kier alpha value is -1.81. The van der Waals surface area contributed by atoms with Gasteiger partial charge in [0.2, 0.25) is 0 Å². The Morgan fingerprint density at radius 1 is 1.05 bits per heavy atom. The molecule has 1 aliphatic rings. The molecule has 1 heterocycles. The molecule has 0 fully saturated rings. The van der Waals surface area contributed by atoms with E-state index in [0.717, 1.165) is 22.4 Å². The molecule has 0 radical (unpaired) electrons. The zero-order chi connectivity index (χ0) is 14.1. The van der Waals surface area contributed by atoms with Gasteiger partial charge in [0.25, 0.3) is 5.91 Å². The second-order valence-electron chi connectivity index (χ2n) is 4.88. The maximum Gasteiger partial charge on any atom is 0.258 e. The SMILES string of the molecule is CN1CCN(C(=O)c2cccc(Br)c2)c2ccccc21. The Morgan fingerprint density at radius 2 is 1.80 bits per heavy atom. The van der Waals surface area contributed by atoms with Crippen LogP contribution in [0.4, 0.5) is 11.4 Å². The zero-order valence-electron chi connectivity index (χ0n) is 11.2. The normalized spacial score (nSPS) is 14.1. The van der Waals surface area contributed by atoms with Gasteiger partial charge in [0.15, 0.2) is 0 Å². The van der Waals surface area contributed by atoms with E-state index < -0.39 is 0 Å². The summed E-state index contributed by atoms with van der Waals surface area (Å²) in [6.45, 7) is 1.55. The fourth-order valence-corrected chi connectivity index (χ4v) is 2.89. The van der Waals surface area contributed by atoms with Crippen LogP contribution in [-0.4, -0.2) is 26.0 Å². The number of halogens is 1. The fraction of sp³-hybridized carbons (Fsp3) is 0.188. The van der Waals surface area contributed by atoms with E-state index in [1.165, 1.54) is 0 Å². The van der Waals surface area contributed by atoms with Gasteiger partial charge >= 0.3 is 0 Å². The highest BCUT2D eigenvalue weighted by Crippen LogP contribution is 2.32. The van der Waals surface area contributed by atoms with Crippen LogP contribution in [0.15, 0.2) is 53.0 Å². The molecule has 1 aliphatic heterocycles. The Balaban J connectivity index is 1.99. The fourth-order valence-electron chi connectivity index (χ4n) is 2.49. The molecule has 4 heteroatoms. The molecule has 20 heavy (non-hydrogen) atoms. The molecule has 0 N–H and O–H groups in total. The molecule has 2 aromatic carbocycles. The van der Waals surface area contributed by atoms with Crippen LogP contribution in [0.1, 0.15) is 10.4 Å². The highest BCUT2D eigenvalue weighted by Gasteiger charge is 2.25. The van der Waals surface area contributed by atoms with Gasteiger partial charge in [-0.05, 0) is 30.3 Å². The lowest BCUT2D eigenvalue weighted by Gasteiger charge is -2.35. The summed E-state index contributed by atoms with van der Waals surface area (Å²) in [5.74, 6) is 0.0480. The predicted molar refractivity (Wildman–Crippen MR) is 85.5 cm³/mol. The van der Waals surface area contributed by atoms with Gasteiger partial charge in [-0.1, -0.05) is 34.1 Å². The van der Waals surface area contributed by atoms with E-state index >= 15 is 0 Å². The number of fused-ring (bicyclic) bond motifs is 1. The molecule has 1 amide bonds. The Bertz CT molecular complexity index is 656. The quantitative estimate of drug-likeness (QED) is 0.798. The summed E-state index contributed by atoms with van der Waals surface area (Å²) < 4.78 is 0.922. The lowest BCUT2D eigenvalue weighted by molar-refractivity contribution is 0.0986. The van der Waals surface area contributed by atoms with E-state index in [0.29, 0.717) is 12.1 Å². The average Bonchev–Trinajstić information content (AvgIpc) is 2.47. The molecule has 0 saturated carbocycles. The van der Waals surface area contributed by atoms with Crippen molar-refractivity contribution in [2.45, 2.75) is 0 Å². The topological polar surface area (TPSA) is 23.6 Å². The third-order valence-corrected chi connectivity index (χ3v) is 4.05. The number of amides is 1. The Morgan fingerprint density at radius 3 is 2.55 bits per heavy atom. The standard InChI is InChI=1S/C16H15BrN2O/c1-18-9-10-19(15-8-3-2-7-14(15)18)16(20)12-5-4-6-13(17)11-12/h2-8,11H,9-10H2,1H3. The number of carbonyl (C=O) groups is 1. The number of likely N-dealkylation sites (N-methyl/N-ethyl adjacent to an activating group) is 1. The van der Waals surface area contributed by atoms with Gasteiger partial charge in [-0.15, -0.1) is 0 Å². The van der Waals surface area contributed by atoms with Crippen molar-refractivity contribution in [3.63, 3.8) is 0 Å². The van der Waals surface area contributed by atoms with Gasteiger partial charge in [-0.25, -0.2) is 0 Å². The number of carbonyl (C=O) groups excluding carboxylic acids is 1. The van der Waals surface area contributed by atoms with Crippen molar-refractivity contribution in [3.05, 3.63) is 58.6 Å². The van der Waals surface area contributed by atoms with Gasteiger partial charge < -0.3 is 9.80 Å². The van der Waals surface area contributed by atoms with Crippen LogP contribution < -0.4 is 9.80 Å². The third kappa shape index (κ3) is 2.31. The van der Waals surface area contributed by atoms with Crippen LogP contribution in [-0.2, 0) is 0 Å². The average molecular weight is 331 g/mol. The summed E-state index contributed by atoms with van der Waals surface area (Å²) in [4.78, 5) is 16.7. The van der Waals surface area contributed by atoms with Crippen LogP contribution >= 0.6 is 15.9 Å². The summed E-state index contributed by atoms with van der Waals surface area (Å²) in [6, 6.07) is 15.6. The molecule has 102 valence electrons. The first kappa shape index (κ1) is 13.2. The second kappa shape index (κ2) is 5.29. The monoisotopic (exact) mass is 330 g/mol. The summed E-state index contributed by atoms with van der Waals surface area (Å²) >= 11 is 3.42. The molecule has 0 atom stereocenters. The summed E-state index contributed by atoms with van der Waals surface area (Å²) in [7, 11) is 2.06.